The van der Waals surface area contributed by atoms with Crippen molar-refractivity contribution in [2.45, 2.75) is 25.7 Å². The Labute approximate surface area is 124 Å². The Kier molecular flexibility index (Phi) is 2.85. The molecule has 1 fully saturated rings. The maximum atomic E-state index is 11.3. The van der Waals surface area contributed by atoms with Crippen molar-refractivity contribution in [3.63, 3.8) is 0 Å². The van der Waals surface area contributed by atoms with E-state index in [2.05, 4.69) is 30.4 Å². The third-order valence-corrected chi connectivity index (χ3v) is 4.85. The molecule has 0 amide bonds. The smallest absolute Gasteiger partial charge is 0.308 e. The molecule has 2 aromatic rings. The quantitative estimate of drug-likeness (QED) is 0.461. The van der Waals surface area contributed by atoms with Crippen LogP contribution in [0.2, 0.25) is 0 Å². The largest absolute Gasteiger partial charge is 0.426 e. The number of allylic oxidation sites excluding steroid dienone is 2. The van der Waals surface area contributed by atoms with Crippen LogP contribution in [0.25, 0.3) is 10.8 Å². The fourth-order valence-electron chi connectivity index (χ4n) is 4.00. The first-order valence-corrected chi connectivity index (χ1v) is 7.61. The van der Waals surface area contributed by atoms with Gasteiger partial charge in [-0.25, -0.2) is 0 Å². The van der Waals surface area contributed by atoms with Crippen LogP contribution < -0.4 is 4.74 Å². The van der Waals surface area contributed by atoms with Crippen molar-refractivity contribution in [1.82, 2.24) is 0 Å². The minimum absolute atomic E-state index is 0.268. The Morgan fingerprint density at radius 3 is 2.52 bits per heavy atom. The molecule has 2 heteroatoms. The Bertz CT molecular complexity index is 744. The molecule has 0 N–H and O–H groups in total. The first-order valence-electron chi connectivity index (χ1n) is 7.61. The average Bonchev–Trinajstić information content (AvgIpc) is 3.10. The summed E-state index contributed by atoms with van der Waals surface area (Å²) in [5.41, 5.74) is 1.40. The molecule has 2 nitrogen and oxygen atoms in total. The zero-order valence-corrected chi connectivity index (χ0v) is 12.1. The monoisotopic (exact) mass is 278 g/mol. The van der Waals surface area contributed by atoms with E-state index in [-0.39, 0.29) is 5.97 Å². The molecule has 0 heterocycles. The van der Waals surface area contributed by atoms with Gasteiger partial charge in [0.2, 0.25) is 0 Å². The van der Waals surface area contributed by atoms with Gasteiger partial charge in [0, 0.05) is 12.3 Å². The van der Waals surface area contributed by atoms with E-state index < -0.39 is 0 Å². The lowest BCUT2D eigenvalue weighted by molar-refractivity contribution is -0.131. The molecule has 2 bridgehead atoms. The number of carbonyl (C=O) groups is 1. The second kappa shape index (κ2) is 4.73. The third kappa shape index (κ3) is 2.06. The van der Waals surface area contributed by atoms with Gasteiger partial charge in [-0.15, -0.1) is 0 Å². The highest BCUT2D eigenvalue weighted by atomic mass is 16.5. The fraction of sp³-hybridized carbons (Fsp3) is 0.316. The van der Waals surface area contributed by atoms with Gasteiger partial charge >= 0.3 is 5.97 Å². The summed E-state index contributed by atoms with van der Waals surface area (Å²) in [5, 5.41) is 2.26. The molecule has 0 radical (unpaired) electrons. The number of fused-ring (bicyclic) bond motifs is 3. The fourth-order valence-corrected chi connectivity index (χ4v) is 4.00. The van der Waals surface area contributed by atoms with Crippen molar-refractivity contribution < 1.29 is 9.53 Å². The summed E-state index contributed by atoms with van der Waals surface area (Å²) in [6.45, 7) is 1.45. The minimum Gasteiger partial charge on any atom is -0.426 e. The van der Waals surface area contributed by atoms with E-state index >= 15 is 0 Å². The van der Waals surface area contributed by atoms with Crippen LogP contribution >= 0.6 is 0 Å². The number of ether oxygens (including phenoxy) is 1. The van der Waals surface area contributed by atoms with E-state index in [1.54, 1.807) is 0 Å². The van der Waals surface area contributed by atoms with Crippen molar-refractivity contribution in [2.24, 2.45) is 11.8 Å². The molecule has 0 saturated heterocycles. The normalized spacial score (nSPS) is 26.4. The lowest BCUT2D eigenvalue weighted by Gasteiger charge is -2.21. The van der Waals surface area contributed by atoms with Gasteiger partial charge < -0.3 is 4.74 Å². The van der Waals surface area contributed by atoms with Crippen molar-refractivity contribution in [3.8, 4) is 5.75 Å². The van der Waals surface area contributed by atoms with E-state index in [9.17, 15) is 4.79 Å². The zero-order valence-electron chi connectivity index (χ0n) is 12.1. The van der Waals surface area contributed by atoms with Gasteiger partial charge in [-0.3, -0.25) is 4.79 Å². The van der Waals surface area contributed by atoms with Gasteiger partial charge in [0.1, 0.15) is 5.75 Å². The summed E-state index contributed by atoms with van der Waals surface area (Å²) in [7, 11) is 0. The van der Waals surface area contributed by atoms with Crippen LogP contribution in [0.4, 0.5) is 0 Å². The summed E-state index contributed by atoms with van der Waals surface area (Å²) >= 11 is 0. The Hall–Kier alpha value is -2.09. The highest BCUT2D eigenvalue weighted by Gasteiger charge is 2.37. The lowest BCUT2D eigenvalue weighted by atomic mass is 9.84. The SMILES string of the molecule is CC(=O)Oc1ccc(C2CC3C=CC2C3)c2ccccc12. The maximum absolute atomic E-state index is 11.3. The van der Waals surface area contributed by atoms with Crippen LogP contribution in [0, 0.1) is 11.8 Å². The first-order chi connectivity index (χ1) is 10.2. The van der Waals surface area contributed by atoms with E-state index in [0.29, 0.717) is 17.6 Å². The van der Waals surface area contributed by atoms with Gasteiger partial charge in [0.15, 0.2) is 0 Å². The number of carbonyl (C=O) groups excluding carboxylic acids is 1. The van der Waals surface area contributed by atoms with Gasteiger partial charge in [-0.05, 0) is 47.6 Å². The van der Waals surface area contributed by atoms with E-state index in [1.165, 1.54) is 30.7 Å². The molecule has 4 rings (SSSR count). The highest BCUT2D eigenvalue weighted by molar-refractivity contribution is 5.93. The lowest BCUT2D eigenvalue weighted by Crippen LogP contribution is -2.07. The number of esters is 1. The minimum atomic E-state index is -0.268. The summed E-state index contributed by atoms with van der Waals surface area (Å²) in [6.07, 6.45) is 7.30. The predicted molar refractivity (Wildman–Crippen MR) is 83.4 cm³/mol. The molecule has 21 heavy (non-hydrogen) atoms. The molecule has 0 spiro atoms. The number of rotatable bonds is 2. The second-order valence-corrected chi connectivity index (χ2v) is 6.18. The van der Waals surface area contributed by atoms with E-state index in [0.717, 1.165) is 11.3 Å². The number of hydrogen-bond donors (Lipinski definition) is 0. The Balaban J connectivity index is 1.84. The zero-order chi connectivity index (χ0) is 14.4. The molecule has 0 aromatic heterocycles. The Morgan fingerprint density at radius 1 is 1.05 bits per heavy atom. The van der Waals surface area contributed by atoms with Crippen LogP contribution in [-0.4, -0.2) is 5.97 Å². The molecule has 3 unspecified atom stereocenters. The Morgan fingerprint density at radius 2 is 1.86 bits per heavy atom. The van der Waals surface area contributed by atoms with Crippen molar-refractivity contribution in [2.75, 3.05) is 0 Å². The average molecular weight is 278 g/mol. The molecular weight excluding hydrogens is 260 g/mol. The molecule has 2 aliphatic rings. The van der Waals surface area contributed by atoms with Crippen LogP contribution in [0.3, 0.4) is 0 Å². The molecular formula is C19H18O2. The molecule has 2 aliphatic carbocycles. The van der Waals surface area contributed by atoms with Gasteiger partial charge in [-0.1, -0.05) is 42.5 Å². The predicted octanol–water partition coefficient (Wildman–Crippen LogP) is 4.44. The highest BCUT2D eigenvalue weighted by Crippen LogP contribution is 2.50. The summed E-state index contributed by atoms with van der Waals surface area (Å²) in [6, 6.07) is 12.4. The number of hydrogen-bond acceptors (Lipinski definition) is 2. The molecule has 3 atom stereocenters. The molecule has 0 aliphatic heterocycles. The van der Waals surface area contributed by atoms with Crippen molar-refractivity contribution >= 4 is 16.7 Å². The van der Waals surface area contributed by atoms with Gasteiger partial charge in [0.25, 0.3) is 0 Å². The van der Waals surface area contributed by atoms with E-state index in [4.69, 9.17) is 4.74 Å². The topological polar surface area (TPSA) is 26.3 Å². The first kappa shape index (κ1) is 12.6. The maximum Gasteiger partial charge on any atom is 0.308 e. The van der Waals surface area contributed by atoms with Crippen LogP contribution in [-0.2, 0) is 4.79 Å². The number of benzene rings is 2. The van der Waals surface area contributed by atoms with Crippen molar-refractivity contribution in [1.29, 1.82) is 0 Å². The van der Waals surface area contributed by atoms with Gasteiger partial charge in [0.05, 0.1) is 0 Å². The molecule has 106 valence electrons. The second-order valence-electron chi connectivity index (χ2n) is 6.18. The van der Waals surface area contributed by atoms with Crippen molar-refractivity contribution in [3.05, 3.63) is 54.1 Å². The molecule has 2 aromatic carbocycles. The summed E-state index contributed by atoms with van der Waals surface area (Å²) < 4.78 is 5.35. The molecule has 1 saturated carbocycles. The standard InChI is InChI=1S/C19H18O2/c1-12(20)21-19-9-8-16(15-4-2-3-5-17(15)19)18-11-13-6-7-14(18)10-13/h2-9,13-14,18H,10-11H2,1H3. The van der Waals surface area contributed by atoms with Crippen LogP contribution in [0.15, 0.2) is 48.6 Å². The van der Waals surface area contributed by atoms with E-state index in [1.807, 2.05) is 18.2 Å². The summed E-state index contributed by atoms with van der Waals surface area (Å²) in [5.74, 6) is 2.44. The third-order valence-electron chi connectivity index (χ3n) is 4.85. The van der Waals surface area contributed by atoms with Crippen LogP contribution in [0.5, 0.6) is 5.75 Å². The summed E-state index contributed by atoms with van der Waals surface area (Å²) in [4.78, 5) is 11.3. The van der Waals surface area contributed by atoms with Gasteiger partial charge in [-0.2, -0.15) is 0 Å². The van der Waals surface area contributed by atoms with Crippen LogP contribution in [0.1, 0.15) is 31.2 Å².